The summed E-state index contributed by atoms with van der Waals surface area (Å²) >= 11 is 0. The lowest BCUT2D eigenvalue weighted by Crippen LogP contribution is -2.35. The first-order chi connectivity index (χ1) is 9.24. The largest absolute Gasteiger partial charge is 0.462 e. The minimum Gasteiger partial charge on any atom is -0.462 e. The Balaban J connectivity index is 1.57. The van der Waals surface area contributed by atoms with Crippen molar-refractivity contribution in [1.82, 2.24) is 0 Å². The fourth-order valence-electron chi connectivity index (χ4n) is 4.11. The lowest BCUT2D eigenvalue weighted by atomic mass is 9.79. The van der Waals surface area contributed by atoms with Gasteiger partial charge >= 0.3 is 5.97 Å². The van der Waals surface area contributed by atoms with Gasteiger partial charge in [-0.25, -0.2) is 0 Å². The SMILES string of the molecule is O=C(Nc1ccccc1)[C@H]1[C@@H]2C[C@@H]3[C@@H]1C(=O)O[C@@H]3C2. The molecule has 0 unspecified atom stereocenters. The van der Waals surface area contributed by atoms with Crippen LogP contribution in [0.3, 0.4) is 0 Å². The smallest absolute Gasteiger partial charge is 0.310 e. The van der Waals surface area contributed by atoms with Crippen molar-refractivity contribution in [3.63, 3.8) is 0 Å². The summed E-state index contributed by atoms with van der Waals surface area (Å²) in [5, 5.41) is 2.93. The van der Waals surface area contributed by atoms with Crippen molar-refractivity contribution >= 4 is 17.6 Å². The molecule has 1 amide bonds. The highest BCUT2D eigenvalue weighted by molar-refractivity contribution is 5.96. The molecule has 1 aromatic rings. The van der Waals surface area contributed by atoms with Crippen LogP contribution in [0, 0.1) is 23.7 Å². The maximum atomic E-state index is 12.4. The van der Waals surface area contributed by atoms with Crippen molar-refractivity contribution in [3.8, 4) is 0 Å². The Morgan fingerprint density at radius 3 is 2.79 bits per heavy atom. The van der Waals surface area contributed by atoms with E-state index in [1.54, 1.807) is 0 Å². The van der Waals surface area contributed by atoms with Crippen LogP contribution in [-0.2, 0) is 14.3 Å². The van der Waals surface area contributed by atoms with Gasteiger partial charge in [0.1, 0.15) is 6.10 Å². The van der Waals surface area contributed by atoms with E-state index in [2.05, 4.69) is 5.32 Å². The van der Waals surface area contributed by atoms with Gasteiger partial charge in [0.2, 0.25) is 5.91 Å². The zero-order valence-electron chi connectivity index (χ0n) is 10.4. The predicted molar refractivity (Wildman–Crippen MR) is 68.1 cm³/mol. The van der Waals surface area contributed by atoms with Gasteiger partial charge in [0, 0.05) is 11.6 Å². The van der Waals surface area contributed by atoms with Crippen molar-refractivity contribution in [1.29, 1.82) is 0 Å². The summed E-state index contributed by atoms with van der Waals surface area (Å²) in [7, 11) is 0. The maximum Gasteiger partial charge on any atom is 0.310 e. The van der Waals surface area contributed by atoms with E-state index in [0.717, 1.165) is 18.5 Å². The zero-order valence-corrected chi connectivity index (χ0v) is 10.4. The van der Waals surface area contributed by atoms with Crippen molar-refractivity contribution in [2.24, 2.45) is 23.7 Å². The molecular formula is C15H15NO3. The van der Waals surface area contributed by atoms with E-state index in [4.69, 9.17) is 4.74 Å². The monoisotopic (exact) mass is 257 g/mol. The van der Waals surface area contributed by atoms with Gasteiger partial charge in [-0.2, -0.15) is 0 Å². The lowest BCUT2D eigenvalue weighted by Gasteiger charge is -2.23. The van der Waals surface area contributed by atoms with Crippen LogP contribution in [0.15, 0.2) is 30.3 Å². The topological polar surface area (TPSA) is 55.4 Å². The zero-order chi connectivity index (χ0) is 13.0. The molecule has 4 heteroatoms. The molecule has 1 aromatic carbocycles. The summed E-state index contributed by atoms with van der Waals surface area (Å²) in [5.74, 6) is 0.00677. The molecule has 1 heterocycles. The molecule has 3 fully saturated rings. The van der Waals surface area contributed by atoms with E-state index in [-0.39, 0.29) is 35.7 Å². The van der Waals surface area contributed by atoms with Crippen LogP contribution < -0.4 is 5.32 Å². The Morgan fingerprint density at radius 2 is 2.00 bits per heavy atom. The Morgan fingerprint density at radius 1 is 1.21 bits per heavy atom. The quantitative estimate of drug-likeness (QED) is 0.822. The summed E-state index contributed by atoms with van der Waals surface area (Å²) in [5.41, 5.74) is 0.790. The van der Waals surface area contributed by atoms with E-state index in [0.29, 0.717) is 5.92 Å². The number of amides is 1. The van der Waals surface area contributed by atoms with Gasteiger partial charge in [-0.05, 0) is 30.9 Å². The second kappa shape index (κ2) is 3.83. The summed E-state index contributed by atoms with van der Waals surface area (Å²) in [4.78, 5) is 24.3. The third-order valence-corrected chi connectivity index (χ3v) is 4.83. The number of esters is 1. The molecule has 0 aromatic heterocycles. The van der Waals surface area contributed by atoms with Crippen LogP contribution >= 0.6 is 0 Å². The molecule has 4 rings (SSSR count). The van der Waals surface area contributed by atoms with E-state index >= 15 is 0 Å². The number of ether oxygens (including phenoxy) is 1. The normalized spacial score (nSPS) is 38.3. The third-order valence-electron chi connectivity index (χ3n) is 4.83. The van der Waals surface area contributed by atoms with E-state index in [1.165, 1.54) is 0 Å². The molecular weight excluding hydrogens is 242 g/mol. The molecule has 98 valence electrons. The minimum atomic E-state index is -0.201. The van der Waals surface area contributed by atoms with Crippen LogP contribution in [0.2, 0.25) is 0 Å². The van der Waals surface area contributed by atoms with Gasteiger partial charge in [0.25, 0.3) is 0 Å². The fourth-order valence-corrected chi connectivity index (χ4v) is 4.11. The average molecular weight is 257 g/mol. The standard InChI is InChI=1S/C15H15NO3/c17-14(16-9-4-2-1-3-5-9)12-8-6-10-11(7-8)19-15(18)13(10)12/h1-5,8,10-13H,6-7H2,(H,16,17)/t8-,10+,11-,12+,13+/m1/s1. The van der Waals surface area contributed by atoms with Crippen LogP contribution in [0.1, 0.15) is 12.8 Å². The van der Waals surface area contributed by atoms with E-state index < -0.39 is 0 Å². The lowest BCUT2D eigenvalue weighted by molar-refractivity contribution is -0.145. The van der Waals surface area contributed by atoms with Gasteiger partial charge in [0.05, 0.1) is 11.8 Å². The molecule has 19 heavy (non-hydrogen) atoms. The van der Waals surface area contributed by atoms with Gasteiger partial charge in [-0.1, -0.05) is 18.2 Å². The van der Waals surface area contributed by atoms with Crippen molar-refractivity contribution in [3.05, 3.63) is 30.3 Å². The number of carbonyl (C=O) groups excluding carboxylic acids is 2. The minimum absolute atomic E-state index is 0.0269. The average Bonchev–Trinajstić information content (AvgIpc) is 3.00. The van der Waals surface area contributed by atoms with Crippen LogP contribution in [0.25, 0.3) is 0 Å². The molecule has 2 saturated carbocycles. The number of rotatable bonds is 2. The Kier molecular flexibility index (Phi) is 2.22. The summed E-state index contributed by atoms with van der Waals surface area (Å²) in [6.45, 7) is 0. The summed E-state index contributed by atoms with van der Waals surface area (Å²) < 4.78 is 5.35. The molecule has 1 N–H and O–H groups in total. The number of carbonyl (C=O) groups is 2. The number of fused-ring (bicyclic) bond motifs is 1. The first-order valence-corrected chi connectivity index (χ1v) is 6.80. The highest BCUT2D eigenvalue weighted by atomic mass is 16.6. The van der Waals surface area contributed by atoms with Gasteiger partial charge in [-0.15, -0.1) is 0 Å². The molecule has 2 bridgehead atoms. The van der Waals surface area contributed by atoms with Crippen molar-refractivity contribution in [2.45, 2.75) is 18.9 Å². The van der Waals surface area contributed by atoms with Crippen molar-refractivity contribution in [2.75, 3.05) is 5.32 Å². The second-order valence-electron chi connectivity index (χ2n) is 5.78. The number of nitrogens with one attached hydrogen (secondary N) is 1. The number of anilines is 1. The highest BCUT2D eigenvalue weighted by Gasteiger charge is 2.63. The Bertz CT molecular complexity index is 540. The molecule has 1 aliphatic heterocycles. The first-order valence-electron chi connectivity index (χ1n) is 6.80. The van der Waals surface area contributed by atoms with Crippen molar-refractivity contribution < 1.29 is 14.3 Å². The third kappa shape index (κ3) is 1.52. The second-order valence-corrected chi connectivity index (χ2v) is 5.78. The molecule has 5 atom stereocenters. The molecule has 0 spiro atoms. The summed E-state index contributed by atoms with van der Waals surface area (Å²) in [6.07, 6.45) is 1.91. The number of hydrogen-bond donors (Lipinski definition) is 1. The molecule has 1 saturated heterocycles. The number of benzene rings is 1. The van der Waals surface area contributed by atoms with Crippen LogP contribution in [0.5, 0.6) is 0 Å². The molecule has 2 aliphatic carbocycles. The maximum absolute atomic E-state index is 12.4. The van der Waals surface area contributed by atoms with Crippen LogP contribution in [-0.4, -0.2) is 18.0 Å². The van der Waals surface area contributed by atoms with Gasteiger partial charge < -0.3 is 10.1 Å². The van der Waals surface area contributed by atoms with E-state index in [1.807, 2.05) is 30.3 Å². The van der Waals surface area contributed by atoms with Crippen LogP contribution in [0.4, 0.5) is 5.69 Å². The summed E-state index contributed by atoms with van der Waals surface area (Å²) in [6, 6.07) is 9.40. The van der Waals surface area contributed by atoms with Gasteiger partial charge in [0.15, 0.2) is 0 Å². The molecule has 0 radical (unpaired) electrons. The molecule has 4 nitrogen and oxygen atoms in total. The van der Waals surface area contributed by atoms with Gasteiger partial charge in [-0.3, -0.25) is 9.59 Å². The Hall–Kier alpha value is -1.84. The predicted octanol–water partition coefficient (Wildman–Crippen LogP) is 1.82. The molecule has 3 aliphatic rings. The first kappa shape index (κ1) is 11.0. The fraction of sp³-hybridized carbons (Fsp3) is 0.467. The highest BCUT2D eigenvalue weighted by Crippen LogP contribution is 2.57. The number of para-hydroxylation sites is 1. The number of hydrogen-bond acceptors (Lipinski definition) is 3. The Labute approximate surface area is 111 Å². The van der Waals surface area contributed by atoms with E-state index in [9.17, 15) is 9.59 Å².